The fourth-order valence-electron chi connectivity index (χ4n) is 3.83. The maximum absolute atomic E-state index is 13.4. The second kappa shape index (κ2) is 7.96. The van der Waals surface area contributed by atoms with Crippen LogP contribution in [0.5, 0.6) is 0 Å². The highest BCUT2D eigenvalue weighted by molar-refractivity contribution is 6.31. The largest absolute Gasteiger partial charge is 0.416 e. The molecule has 2 aromatic carbocycles. The average Bonchev–Trinajstić information content (AvgIpc) is 3.12. The standard InChI is InChI=1S/C22H21ClF3N3O/c1-14-2-3-15(18(10-14)22(24,25)26)13-28-6-8-29(9-7-28)21(30)20-12-16-11-17(23)4-5-19(16)27-20/h2-5,10-12,27H,6-9,13H2,1H3. The van der Waals surface area contributed by atoms with Crippen molar-refractivity contribution >= 4 is 28.4 Å². The van der Waals surface area contributed by atoms with E-state index in [0.29, 0.717) is 42.5 Å². The van der Waals surface area contributed by atoms with E-state index in [0.717, 1.165) is 10.9 Å². The van der Waals surface area contributed by atoms with Crippen LogP contribution in [0, 0.1) is 6.92 Å². The Morgan fingerprint density at radius 2 is 1.80 bits per heavy atom. The number of aryl methyl sites for hydroxylation is 1. The molecule has 158 valence electrons. The lowest BCUT2D eigenvalue weighted by Gasteiger charge is -2.35. The fraction of sp³-hybridized carbons (Fsp3) is 0.318. The molecule has 0 spiro atoms. The zero-order valence-corrected chi connectivity index (χ0v) is 17.1. The average molecular weight is 436 g/mol. The fourth-order valence-corrected chi connectivity index (χ4v) is 4.01. The minimum atomic E-state index is -4.38. The Labute approximate surface area is 177 Å². The number of nitrogens with one attached hydrogen (secondary N) is 1. The smallest absolute Gasteiger partial charge is 0.351 e. The van der Waals surface area contributed by atoms with Crippen LogP contribution in [0.3, 0.4) is 0 Å². The van der Waals surface area contributed by atoms with Crippen LogP contribution in [0.15, 0.2) is 42.5 Å². The van der Waals surface area contributed by atoms with Crippen molar-refractivity contribution < 1.29 is 18.0 Å². The van der Waals surface area contributed by atoms with Crippen molar-refractivity contribution in [3.8, 4) is 0 Å². The van der Waals surface area contributed by atoms with Gasteiger partial charge in [-0.1, -0.05) is 29.3 Å². The molecule has 30 heavy (non-hydrogen) atoms. The second-order valence-electron chi connectivity index (χ2n) is 7.64. The number of piperazine rings is 1. The number of H-pyrrole nitrogens is 1. The van der Waals surface area contributed by atoms with Gasteiger partial charge in [0.15, 0.2) is 0 Å². The quantitative estimate of drug-likeness (QED) is 0.621. The molecule has 0 saturated carbocycles. The van der Waals surface area contributed by atoms with Crippen molar-refractivity contribution in [2.45, 2.75) is 19.6 Å². The highest BCUT2D eigenvalue weighted by Gasteiger charge is 2.34. The summed E-state index contributed by atoms with van der Waals surface area (Å²) in [5, 5.41) is 1.46. The van der Waals surface area contributed by atoms with Crippen molar-refractivity contribution in [2.75, 3.05) is 26.2 Å². The van der Waals surface area contributed by atoms with Crippen molar-refractivity contribution in [3.05, 3.63) is 69.9 Å². The molecule has 1 amide bonds. The van der Waals surface area contributed by atoms with E-state index in [2.05, 4.69) is 4.98 Å². The normalized spacial score (nSPS) is 15.7. The van der Waals surface area contributed by atoms with E-state index < -0.39 is 11.7 Å². The van der Waals surface area contributed by atoms with Gasteiger partial charge in [0.2, 0.25) is 0 Å². The minimum Gasteiger partial charge on any atom is -0.351 e. The summed E-state index contributed by atoms with van der Waals surface area (Å²) in [4.78, 5) is 19.6. The number of carbonyl (C=O) groups excluding carboxylic acids is 1. The van der Waals surface area contributed by atoms with E-state index in [1.165, 1.54) is 6.07 Å². The summed E-state index contributed by atoms with van der Waals surface area (Å²) in [7, 11) is 0. The number of benzene rings is 2. The minimum absolute atomic E-state index is 0.117. The van der Waals surface area contributed by atoms with Gasteiger partial charge in [-0.2, -0.15) is 13.2 Å². The third kappa shape index (κ3) is 4.32. The molecule has 1 aliphatic rings. The Hall–Kier alpha value is -2.51. The number of aromatic nitrogens is 1. The molecule has 4 nitrogen and oxygen atoms in total. The molecule has 3 aromatic rings. The number of rotatable bonds is 3. The predicted molar refractivity (Wildman–Crippen MR) is 111 cm³/mol. The van der Waals surface area contributed by atoms with Gasteiger partial charge < -0.3 is 9.88 Å². The monoisotopic (exact) mass is 435 g/mol. The number of alkyl halides is 3. The summed E-state index contributed by atoms with van der Waals surface area (Å²) >= 11 is 6.00. The van der Waals surface area contributed by atoms with Crippen molar-refractivity contribution in [3.63, 3.8) is 0 Å². The van der Waals surface area contributed by atoms with E-state index >= 15 is 0 Å². The molecule has 1 saturated heterocycles. The maximum atomic E-state index is 13.4. The first-order valence-corrected chi connectivity index (χ1v) is 10.0. The summed E-state index contributed by atoms with van der Waals surface area (Å²) in [6.45, 7) is 3.82. The Kier molecular flexibility index (Phi) is 5.51. The lowest BCUT2D eigenvalue weighted by molar-refractivity contribution is -0.138. The predicted octanol–water partition coefficient (Wildman–Crippen LogP) is 5.11. The van der Waals surface area contributed by atoms with E-state index in [4.69, 9.17) is 11.6 Å². The molecule has 0 unspecified atom stereocenters. The van der Waals surface area contributed by atoms with Gasteiger partial charge in [0, 0.05) is 48.6 Å². The van der Waals surface area contributed by atoms with Crippen molar-refractivity contribution in [2.24, 2.45) is 0 Å². The number of halogens is 4. The molecule has 2 heterocycles. The third-order valence-electron chi connectivity index (χ3n) is 5.44. The zero-order chi connectivity index (χ0) is 21.5. The zero-order valence-electron chi connectivity index (χ0n) is 16.4. The molecule has 0 aliphatic carbocycles. The Balaban J connectivity index is 1.42. The lowest BCUT2D eigenvalue weighted by atomic mass is 10.0. The highest BCUT2D eigenvalue weighted by Crippen LogP contribution is 2.33. The van der Waals surface area contributed by atoms with E-state index in [-0.39, 0.29) is 18.0 Å². The van der Waals surface area contributed by atoms with Gasteiger partial charge in [-0.05, 0) is 42.8 Å². The van der Waals surface area contributed by atoms with Crippen LogP contribution in [0.25, 0.3) is 10.9 Å². The third-order valence-corrected chi connectivity index (χ3v) is 5.67. The first-order chi connectivity index (χ1) is 14.2. The number of hydrogen-bond donors (Lipinski definition) is 1. The van der Waals surface area contributed by atoms with Crippen molar-refractivity contribution in [1.82, 2.24) is 14.8 Å². The molecular weight excluding hydrogens is 415 g/mol. The van der Waals surface area contributed by atoms with Gasteiger partial charge in [-0.25, -0.2) is 0 Å². The van der Waals surface area contributed by atoms with Crippen LogP contribution >= 0.6 is 11.6 Å². The van der Waals surface area contributed by atoms with Crippen LogP contribution in [-0.2, 0) is 12.7 Å². The first kappa shape index (κ1) is 20.8. The number of fused-ring (bicyclic) bond motifs is 1. The number of carbonyl (C=O) groups is 1. The molecular formula is C22H21ClF3N3O. The summed E-state index contributed by atoms with van der Waals surface area (Å²) in [6, 6.07) is 11.6. The van der Waals surface area contributed by atoms with Gasteiger partial charge in [0.25, 0.3) is 5.91 Å². The van der Waals surface area contributed by atoms with Crippen LogP contribution in [0.4, 0.5) is 13.2 Å². The molecule has 1 fully saturated rings. The molecule has 0 radical (unpaired) electrons. The number of aromatic amines is 1. The molecule has 1 N–H and O–H groups in total. The molecule has 1 aromatic heterocycles. The molecule has 0 bridgehead atoms. The summed E-state index contributed by atoms with van der Waals surface area (Å²) in [5.41, 5.74) is 1.58. The first-order valence-electron chi connectivity index (χ1n) is 9.67. The molecule has 4 rings (SSSR count). The molecule has 1 aliphatic heterocycles. The Morgan fingerprint density at radius 3 is 2.50 bits per heavy atom. The van der Waals surface area contributed by atoms with Crippen molar-refractivity contribution in [1.29, 1.82) is 0 Å². The highest BCUT2D eigenvalue weighted by atomic mass is 35.5. The molecule has 0 atom stereocenters. The van der Waals surface area contributed by atoms with Gasteiger partial charge in [-0.15, -0.1) is 0 Å². The van der Waals surface area contributed by atoms with Crippen LogP contribution in [0.2, 0.25) is 5.02 Å². The van der Waals surface area contributed by atoms with Crippen LogP contribution < -0.4 is 0 Å². The van der Waals surface area contributed by atoms with Crippen LogP contribution in [-0.4, -0.2) is 46.9 Å². The summed E-state index contributed by atoms with van der Waals surface area (Å²) in [6.07, 6.45) is -4.38. The summed E-state index contributed by atoms with van der Waals surface area (Å²) < 4.78 is 40.1. The topological polar surface area (TPSA) is 39.3 Å². The SMILES string of the molecule is Cc1ccc(CN2CCN(C(=O)c3cc4cc(Cl)ccc4[nH]3)CC2)c(C(F)(F)F)c1. The number of hydrogen-bond acceptors (Lipinski definition) is 2. The van der Waals surface area contributed by atoms with Gasteiger partial charge in [0.05, 0.1) is 5.56 Å². The van der Waals surface area contributed by atoms with Gasteiger partial charge in [-0.3, -0.25) is 9.69 Å². The van der Waals surface area contributed by atoms with Gasteiger partial charge in [0.1, 0.15) is 5.69 Å². The lowest BCUT2D eigenvalue weighted by Crippen LogP contribution is -2.48. The Bertz CT molecular complexity index is 1080. The number of nitrogens with zero attached hydrogens (tertiary/aromatic N) is 2. The second-order valence-corrected chi connectivity index (χ2v) is 8.08. The Morgan fingerprint density at radius 1 is 1.07 bits per heavy atom. The van der Waals surface area contributed by atoms with Crippen LogP contribution in [0.1, 0.15) is 27.2 Å². The van der Waals surface area contributed by atoms with Gasteiger partial charge >= 0.3 is 6.18 Å². The maximum Gasteiger partial charge on any atom is 0.416 e. The number of amides is 1. The van der Waals surface area contributed by atoms with E-state index in [1.54, 1.807) is 42.2 Å². The summed E-state index contributed by atoms with van der Waals surface area (Å²) in [5.74, 6) is -0.117. The molecule has 8 heteroatoms. The van der Waals surface area contributed by atoms with E-state index in [1.807, 2.05) is 11.0 Å². The van der Waals surface area contributed by atoms with E-state index in [9.17, 15) is 18.0 Å².